The third-order valence-electron chi connectivity index (χ3n) is 3.39. The van der Waals surface area contributed by atoms with Gasteiger partial charge in [0.2, 0.25) is 5.91 Å². The van der Waals surface area contributed by atoms with Crippen molar-refractivity contribution in [2.24, 2.45) is 0 Å². The van der Waals surface area contributed by atoms with Gasteiger partial charge < -0.3 is 10.2 Å². The van der Waals surface area contributed by atoms with Crippen molar-refractivity contribution in [3.8, 4) is 0 Å². The van der Waals surface area contributed by atoms with Crippen molar-refractivity contribution < 1.29 is 4.79 Å². The Bertz CT molecular complexity index is 386. The molecular weight excluding hydrogens is 200 g/mol. The van der Waals surface area contributed by atoms with Crippen molar-refractivity contribution in [3.05, 3.63) is 35.9 Å². The molecule has 0 saturated carbocycles. The van der Waals surface area contributed by atoms with Gasteiger partial charge in [-0.2, -0.15) is 0 Å². The van der Waals surface area contributed by atoms with E-state index in [-0.39, 0.29) is 17.5 Å². The number of hydrogen-bond donors (Lipinski definition) is 1. The van der Waals surface area contributed by atoms with Gasteiger partial charge in [-0.3, -0.25) is 4.79 Å². The molecule has 1 N–H and O–H groups in total. The molecule has 3 nitrogen and oxygen atoms in total. The molecule has 2 rings (SSSR count). The van der Waals surface area contributed by atoms with Gasteiger partial charge in [0.1, 0.15) is 6.04 Å². The Kier molecular flexibility index (Phi) is 2.72. The monoisotopic (exact) mass is 218 g/mol. The molecule has 16 heavy (non-hydrogen) atoms. The van der Waals surface area contributed by atoms with Crippen LogP contribution in [0.3, 0.4) is 0 Å². The summed E-state index contributed by atoms with van der Waals surface area (Å²) in [7, 11) is 1.84. The van der Waals surface area contributed by atoms with Gasteiger partial charge in [0.05, 0.1) is 5.54 Å². The van der Waals surface area contributed by atoms with Gasteiger partial charge in [0, 0.05) is 6.54 Å². The van der Waals surface area contributed by atoms with E-state index >= 15 is 0 Å². The van der Waals surface area contributed by atoms with Crippen LogP contribution in [0, 0.1) is 0 Å². The highest BCUT2D eigenvalue weighted by molar-refractivity contribution is 5.90. The van der Waals surface area contributed by atoms with E-state index in [1.54, 1.807) is 0 Å². The second-order valence-electron chi connectivity index (χ2n) is 4.79. The van der Waals surface area contributed by atoms with Gasteiger partial charge in [-0.15, -0.1) is 0 Å². The zero-order valence-electron chi connectivity index (χ0n) is 10.0. The number of amides is 1. The minimum Gasteiger partial charge on any atom is -0.330 e. The minimum atomic E-state index is -0.0956. The molecule has 1 aliphatic rings. The lowest BCUT2D eigenvalue weighted by molar-refractivity contribution is -0.161. The molecule has 1 aromatic carbocycles. The van der Waals surface area contributed by atoms with Gasteiger partial charge in [0.25, 0.3) is 0 Å². The number of carbonyl (C=O) groups is 1. The third-order valence-corrected chi connectivity index (χ3v) is 3.39. The molecular formula is C13H18N2O. The fourth-order valence-corrected chi connectivity index (χ4v) is 2.36. The first-order valence-electron chi connectivity index (χ1n) is 5.60. The van der Waals surface area contributed by atoms with E-state index in [1.807, 2.05) is 30.1 Å². The number of nitrogens with one attached hydrogen (secondary N) is 1. The summed E-state index contributed by atoms with van der Waals surface area (Å²) in [6, 6.07) is 10.1. The van der Waals surface area contributed by atoms with Crippen molar-refractivity contribution in [1.29, 1.82) is 0 Å². The van der Waals surface area contributed by atoms with Crippen LogP contribution in [-0.2, 0) is 11.3 Å². The number of nitrogens with zero attached hydrogens (tertiary/aromatic N) is 1. The van der Waals surface area contributed by atoms with E-state index in [0.29, 0.717) is 6.54 Å². The van der Waals surface area contributed by atoms with E-state index in [1.165, 1.54) is 5.56 Å². The first kappa shape index (κ1) is 11.1. The second kappa shape index (κ2) is 3.91. The Morgan fingerprint density at radius 1 is 1.31 bits per heavy atom. The van der Waals surface area contributed by atoms with Crippen molar-refractivity contribution >= 4 is 5.91 Å². The van der Waals surface area contributed by atoms with E-state index in [9.17, 15) is 4.79 Å². The van der Waals surface area contributed by atoms with Crippen LogP contribution < -0.4 is 5.32 Å². The first-order valence-corrected chi connectivity index (χ1v) is 5.60. The van der Waals surface area contributed by atoms with Crippen molar-refractivity contribution in [3.63, 3.8) is 0 Å². The van der Waals surface area contributed by atoms with E-state index in [4.69, 9.17) is 0 Å². The van der Waals surface area contributed by atoms with E-state index in [0.717, 1.165) is 0 Å². The molecule has 3 heteroatoms. The lowest BCUT2D eigenvalue weighted by Gasteiger charge is -2.54. The molecule has 0 aromatic heterocycles. The summed E-state index contributed by atoms with van der Waals surface area (Å²) in [6.07, 6.45) is 0. The number of rotatable bonds is 3. The van der Waals surface area contributed by atoms with Gasteiger partial charge in [-0.05, 0) is 26.5 Å². The maximum Gasteiger partial charge on any atom is 0.242 e. The molecule has 86 valence electrons. The molecule has 0 spiro atoms. The van der Waals surface area contributed by atoms with Crippen molar-refractivity contribution in [2.45, 2.75) is 32.0 Å². The molecule has 1 saturated heterocycles. The number of carbonyl (C=O) groups excluding carboxylic acids is 1. The van der Waals surface area contributed by atoms with Gasteiger partial charge in [-0.1, -0.05) is 30.3 Å². The highest BCUT2D eigenvalue weighted by Crippen LogP contribution is 2.32. The molecule has 1 unspecified atom stereocenters. The number of benzene rings is 1. The van der Waals surface area contributed by atoms with Crippen LogP contribution in [0.1, 0.15) is 19.4 Å². The zero-order valence-corrected chi connectivity index (χ0v) is 10.0. The predicted molar refractivity (Wildman–Crippen MR) is 63.9 cm³/mol. The van der Waals surface area contributed by atoms with E-state index < -0.39 is 0 Å². The maximum absolute atomic E-state index is 11.9. The highest BCUT2D eigenvalue weighted by Gasteiger charge is 2.52. The van der Waals surface area contributed by atoms with Crippen LogP contribution in [0.4, 0.5) is 0 Å². The Hall–Kier alpha value is -1.35. The van der Waals surface area contributed by atoms with Gasteiger partial charge in [-0.25, -0.2) is 0 Å². The van der Waals surface area contributed by atoms with Crippen LogP contribution in [0.25, 0.3) is 0 Å². The summed E-state index contributed by atoms with van der Waals surface area (Å²) >= 11 is 0. The van der Waals surface area contributed by atoms with Crippen LogP contribution in [0.5, 0.6) is 0 Å². The lowest BCUT2D eigenvalue weighted by Crippen LogP contribution is -2.75. The van der Waals surface area contributed by atoms with Crippen molar-refractivity contribution in [1.82, 2.24) is 10.2 Å². The standard InChI is InChI=1S/C13H18N2O/c1-13(2)11(14-3)12(16)15(13)9-10-7-5-4-6-8-10/h4-8,11,14H,9H2,1-3H3. The number of β-lactam (4-membered cyclic amide) rings is 1. The summed E-state index contributed by atoms with van der Waals surface area (Å²) in [5.41, 5.74) is 1.08. The number of likely N-dealkylation sites (tertiary alicyclic amines) is 1. The summed E-state index contributed by atoms with van der Waals surface area (Å²) in [5, 5.41) is 3.07. The van der Waals surface area contributed by atoms with Gasteiger partial charge >= 0.3 is 0 Å². The minimum absolute atomic E-state index is 0.0452. The Morgan fingerprint density at radius 3 is 2.44 bits per heavy atom. The van der Waals surface area contributed by atoms with E-state index in [2.05, 4.69) is 31.3 Å². The Morgan fingerprint density at radius 2 is 1.94 bits per heavy atom. The topological polar surface area (TPSA) is 32.3 Å². The maximum atomic E-state index is 11.9. The average Bonchev–Trinajstić information content (AvgIpc) is 2.27. The molecule has 0 bridgehead atoms. The zero-order chi connectivity index (χ0) is 11.8. The average molecular weight is 218 g/mol. The van der Waals surface area contributed by atoms with Gasteiger partial charge in [0.15, 0.2) is 0 Å². The molecule has 1 atom stereocenters. The number of likely N-dealkylation sites (N-methyl/N-ethyl adjacent to an activating group) is 1. The van der Waals surface area contributed by atoms with Crippen LogP contribution in [0.2, 0.25) is 0 Å². The number of hydrogen-bond acceptors (Lipinski definition) is 2. The van der Waals surface area contributed by atoms with Crippen LogP contribution >= 0.6 is 0 Å². The fourth-order valence-electron chi connectivity index (χ4n) is 2.36. The fraction of sp³-hybridized carbons (Fsp3) is 0.462. The normalized spacial score (nSPS) is 23.1. The molecule has 1 aromatic rings. The molecule has 1 heterocycles. The van der Waals surface area contributed by atoms with Crippen molar-refractivity contribution in [2.75, 3.05) is 7.05 Å². The molecule has 1 fully saturated rings. The molecule has 1 amide bonds. The Balaban J connectivity index is 2.10. The second-order valence-corrected chi connectivity index (χ2v) is 4.79. The summed E-state index contributed by atoms with van der Waals surface area (Å²) in [5.74, 6) is 0.191. The smallest absolute Gasteiger partial charge is 0.242 e. The summed E-state index contributed by atoms with van der Waals surface area (Å²) in [6.45, 7) is 4.89. The Labute approximate surface area is 96.5 Å². The summed E-state index contributed by atoms with van der Waals surface area (Å²) < 4.78 is 0. The van der Waals surface area contributed by atoms with Crippen LogP contribution in [-0.4, -0.2) is 29.4 Å². The highest BCUT2D eigenvalue weighted by atomic mass is 16.2. The third kappa shape index (κ3) is 1.61. The molecule has 0 aliphatic carbocycles. The molecule has 0 radical (unpaired) electrons. The first-order chi connectivity index (χ1) is 7.57. The SMILES string of the molecule is CNC1C(=O)N(Cc2ccccc2)C1(C)C. The quantitative estimate of drug-likeness (QED) is 0.778. The lowest BCUT2D eigenvalue weighted by atomic mass is 9.81. The summed E-state index contributed by atoms with van der Waals surface area (Å²) in [4.78, 5) is 13.8. The largest absolute Gasteiger partial charge is 0.330 e. The molecule has 1 aliphatic heterocycles. The van der Waals surface area contributed by atoms with Crippen LogP contribution in [0.15, 0.2) is 30.3 Å². The predicted octanol–water partition coefficient (Wildman–Crippen LogP) is 1.40.